The van der Waals surface area contributed by atoms with Crippen molar-refractivity contribution >= 4 is 10.8 Å². The third-order valence-electron chi connectivity index (χ3n) is 4.08. The number of nitrogens with zero attached hydrogens (tertiary/aromatic N) is 1. The Balaban J connectivity index is 1.74. The minimum Gasteiger partial charge on any atom is -0.396 e. The SMILES string of the molecule is OCC1CCCN(Cc2ccc3ccccc3c2)C1. The number of rotatable bonds is 3. The van der Waals surface area contributed by atoms with Gasteiger partial charge in [-0.25, -0.2) is 0 Å². The van der Waals surface area contributed by atoms with Gasteiger partial charge in [-0.2, -0.15) is 0 Å². The first-order valence-electron chi connectivity index (χ1n) is 7.16. The topological polar surface area (TPSA) is 23.5 Å². The Morgan fingerprint density at radius 1 is 1.11 bits per heavy atom. The highest BCUT2D eigenvalue weighted by Gasteiger charge is 2.18. The molecule has 0 amide bonds. The molecular weight excluding hydrogens is 234 g/mol. The molecule has 1 aliphatic heterocycles. The number of benzene rings is 2. The van der Waals surface area contributed by atoms with Crippen molar-refractivity contribution < 1.29 is 5.11 Å². The number of fused-ring (bicyclic) bond motifs is 1. The molecule has 100 valence electrons. The number of aliphatic hydroxyl groups is 1. The zero-order valence-corrected chi connectivity index (χ0v) is 11.3. The van der Waals surface area contributed by atoms with Crippen LogP contribution in [0.2, 0.25) is 0 Å². The van der Waals surface area contributed by atoms with E-state index in [1.54, 1.807) is 0 Å². The summed E-state index contributed by atoms with van der Waals surface area (Å²) in [6.45, 7) is 3.52. The van der Waals surface area contributed by atoms with Crippen LogP contribution in [-0.2, 0) is 6.54 Å². The molecule has 1 unspecified atom stereocenters. The zero-order chi connectivity index (χ0) is 13.1. The largest absolute Gasteiger partial charge is 0.396 e. The number of hydrogen-bond donors (Lipinski definition) is 1. The summed E-state index contributed by atoms with van der Waals surface area (Å²) >= 11 is 0. The van der Waals surface area contributed by atoms with Crippen molar-refractivity contribution in [3.8, 4) is 0 Å². The van der Waals surface area contributed by atoms with Gasteiger partial charge in [0, 0.05) is 19.7 Å². The molecule has 1 aliphatic rings. The first kappa shape index (κ1) is 12.6. The number of hydrogen-bond acceptors (Lipinski definition) is 2. The van der Waals surface area contributed by atoms with E-state index in [-0.39, 0.29) is 0 Å². The van der Waals surface area contributed by atoms with Crippen LogP contribution in [0.4, 0.5) is 0 Å². The lowest BCUT2D eigenvalue weighted by Gasteiger charge is -2.31. The molecule has 0 spiro atoms. The molecule has 2 nitrogen and oxygen atoms in total. The van der Waals surface area contributed by atoms with Crippen LogP contribution >= 0.6 is 0 Å². The molecule has 1 saturated heterocycles. The van der Waals surface area contributed by atoms with Crippen molar-refractivity contribution in [2.24, 2.45) is 5.92 Å². The Bertz CT molecular complexity index is 552. The van der Waals surface area contributed by atoms with Gasteiger partial charge in [0.25, 0.3) is 0 Å². The van der Waals surface area contributed by atoms with E-state index < -0.39 is 0 Å². The van der Waals surface area contributed by atoms with E-state index in [1.807, 2.05) is 0 Å². The highest BCUT2D eigenvalue weighted by Crippen LogP contribution is 2.20. The Kier molecular flexibility index (Phi) is 3.81. The molecule has 0 aliphatic carbocycles. The fraction of sp³-hybridized carbons (Fsp3) is 0.412. The minimum absolute atomic E-state index is 0.328. The van der Waals surface area contributed by atoms with Crippen LogP contribution in [-0.4, -0.2) is 29.7 Å². The summed E-state index contributed by atoms with van der Waals surface area (Å²) in [5.74, 6) is 0.467. The van der Waals surface area contributed by atoms with E-state index in [2.05, 4.69) is 47.4 Å². The van der Waals surface area contributed by atoms with Crippen molar-refractivity contribution in [2.75, 3.05) is 19.7 Å². The van der Waals surface area contributed by atoms with Crippen LogP contribution in [0.25, 0.3) is 10.8 Å². The third kappa shape index (κ3) is 2.96. The van der Waals surface area contributed by atoms with Crippen LogP contribution in [0.1, 0.15) is 18.4 Å². The summed E-state index contributed by atoms with van der Waals surface area (Å²) in [6, 6.07) is 15.2. The van der Waals surface area contributed by atoms with Crippen molar-refractivity contribution in [1.82, 2.24) is 4.90 Å². The van der Waals surface area contributed by atoms with Gasteiger partial charge < -0.3 is 5.11 Å². The lowest BCUT2D eigenvalue weighted by atomic mass is 9.98. The predicted molar refractivity (Wildman–Crippen MR) is 79.0 cm³/mol. The monoisotopic (exact) mass is 255 g/mol. The van der Waals surface area contributed by atoms with Gasteiger partial charge in [-0.1, -0.05) is 36.4 Å². The maximum absolute atomic E-state index is 9.29. The van der Waals surface area contributed by atoms with E-state index in [1.165, 1.54) is 29.2 Å². The molecule has 1 heterocycles. The average molecular weight is 255 g/mol. The van der Waals surface area contributed by atoms with Crippen molar-refractivity contribution in [3.05, 3.63) is 48.0 Å². The molecule has 2 heteroatoms. The fourth-order valence-electron chi connectivity index (χ4n) is 3.04. The third-order valence-corrected chi connectivity index (χ3v) is 4.08. The quantitative estimate of drug-likeness (QED) is 0.911. The van der Waals surface area contributed by atoms with E-state index in [0.29, 0.717) is 12.5 Å². The van der Waals surface area contributed by atoms with E-state index in [0.717, 1.165) is 19.6 Å². The molecular formula is C17H21NO. The molecule has 0 saturated carbocycles. The van der Waals surface area contributed by atoms with Crippen LogP contribution in [0.15, 0.2) is 42.5 Å². The Morgan fingerprint density at radius 2 is 1.95 bits per heavy atom. The van der Waals surface area contributed by atoms with Gasteiger partial charge in [0.15, 0.2) is 0 Å². The van der Waals surface area contributed by atoms with Gasteiger partial charge in [-0.05, 0) is 47.7 Å². The van der Waals surface area contributed by atoms with Gasteiger partial charge in [-0.15, -0.1) is 0 Å². The molecule has 2 aromatic carbocycles. The van der Waals surface area contributed by atoms with Gasteiger partial charge >= 0.3 is 0 Å². The van der Waals surface area contributed by atoms with Gasteiger partial charge in [-0.3, -0.25) is 4.90 Å². The second-order valence-electron chi connectivity index (χ2n) is 5.61. The van der Waals surface area contributed by atoms with Crippen molar-refractivity contribution in [2.45, 2.75) is 19.4 Å². The predicted octanol–water partition coefficient (Wildman–Crippen LogP) is 3.04. The summed E-state index contributed by atoms with van der Waals surface area (Å²) in [5, 5.41) is 11.9. The molecule has 3 rings (SSSR count). The normalized spacial score (nSPS) is 20.8. The highest BCUT2D eigenvalue weighted by molar-refractivity contribution is 5.82. The number of aliphatic hydroxyl groups excluding tert-OH is 1. The zero-order valence-electron chi connectivity index (χ0n) is 11.3. The molecule has 1 N–H and O–H groups in total. The molecule has 1 atom stereocenters. The van der Waals surface area contributed by atoms with Crippen LogP contribution < -0.4 is 0 Å². The van der Waals surface area contributed by atoms with Crippen LogP contribution in [0.3, 0.4) is 0 Å². The standard InChI is InChI=1S/C17H21NO/c19-13-15-4-3-9-18(12-15)11-14-7-8-16-5-1-2-6-17(16)10-14/h1-2,5-8,10,15,19H,3-4,9,11-13H2. The van der Waals surface area contributed by atoms with Gasteiger partial charge in [0.2, 0.25) is 0 Å². The maximum atomic E-state index is 9.29. The minimum atomic E-state index is 0.328. The summed E-state index contributed by atoms with van der Waals surface area (Å²) in [5.41, 5.74) is 1.37. The highest BCUT2D eigenvalue weighted by atomic mass is 16.3. The molecule has 0 radical (unpaired) electrons. The van der Waals surface area contributed by atoms with E-state index >= 15 is 0 Å². The van der Waals surface area contributed by atoms with Crippen molar-refractivity contribution in [3.63, 3.8) is 0 Å². The molecule has 2 aromatic rings. The fourth-order valence-corrected chi connectivity index (χ4v) is 3.04. The van der Waals surface area contributed by atoms with Crippen LogP contribution in [0.5, 0.6) is 0 Å². The molecule has 1 fully saturated rings. The van der Waals surface area contributed by atoms with Gasteiger partial charge in [0.1, 0.15) is 0 Å². The Hall–Kier alpha value is -1.38. The average Bonchev–Trinajstić information content (AvgIpc) is 2.47. The maximum Gasteiger partial charge on any atom is 0.0471 e. The van der Waals surface area contributed by atoms with Crippen LogP contribution in [0, 0.1) is 5.92 Å². The van der Waals surface area contributed by atoms with Gasteiger partial charge in [0.05, 0.1) is 0 Å². The molecule has 0 aromatic heterocycles. The van der Waals surface area contributed by atoms with Crippen molar-refractivity contribution in [1.29, 1.82) is 0 Å². The second kappa shape index (κ2) is 5.72. The lowest BCUT2D eigenvalue weighted by Crippen LogP contribution is -2.36. The summed E-state index contributed by atoms with van der Waals surface area (Å²) in [4.78, 5) is 2.47. The first-order chi connectivity index (χ1) is 9.35. The summed E-state index contributed by atoms with van der Waals surface area (Å²) in [7, 11) is 0. The second-order valence-corrected chi connectivity index (χ2v) is 5.61. The summed E-state index contributed by atoms with van der Waals surface area (Å²) in [6.07, 6.45) is 2.38. The lowest BCUT2D eigenvalue weighted by molar-refractivity contribution is 0.116. The molecule has 0 bridgehead atoms. The Morgan fingerprint density at radius 3 is 2.79 bits per heavy atom. The molecule has 19 heavy (non-hydrogen) atoms. The van der Waals surface area contributed by atoms with E-state index in [9.17, 15) is 5.11 Å². The number of likely N-dealkylation sites (tertiary alicyclic amines) is 1. The Labute approximate surface area is 114 Å². The number of piperidine rings is 1. The summed E-state index contributed by atoms with van der Waals surface area (Å²) < 4.78 is 0. The van der Waals surface area contributed by atoms with E-state index in [4.69, 9.17) is 0 Å². The smallest absolute Gasteiger partial charge is 0.0471 e. The first-order valence-corrected chi connectivity index (χ1v) is 7.16.